The summed E-state index contributed by atoms with van der Waals surface area (Å²) in [4.78, 5) is 0. The first-order valence-electron chi connectivity index (χ1n) is 5.97. The van der Waals surface area contributed by atoms with Crippen molar-refractivity contribution in [1.29, 1.82) is 0 Å². The number of hydrogen-bond acceptors (Lipinski definition) is 2. The van der Waals surface area contributed by atoms with Crippen LogP contribution in [0.4, 0.5) is 11.4 Å². The monoisotopic (exact) mass is 218 g/mol. The number of hydrogen-bond donors (Lipinski definition) is 2. The Morgan fingerprint density at radius 2 is 2.00 bits per heavy atom. The zero-order valence-electron chi connectivity index (χ0n) is 10.1. The molecule has 0 saturated carbocycles. The Kier molecular flexibility index (Phi) is 4.90. The van der Waals surface area contributed by atoms with Crippen LogP contribution in [0.2, 0.25) is 0 Å². The number of nitrogen functional groups attached to an aromatic ring is 2. The molecule has 0 unspecified atom stereocenters. The van der Waals surface area contributed by atoms with Crippen molar-refractivity contribution in [3.63, 3.8) is 0 Å². The van der Waals surface area contributed by atoms with Gasteiger partial charge in [0, 0.05) is 0 Å². The molecule has 2 heteroatoms. The van der Waals surface area contributed by atoms with E-state index in [0.29, 0.717) is 5.69 Å². The van der Waals surface area contributed by atoms with Gasteiger partial charge in [-0.05, 0) is 36.5 Å². The summed E-state index contributed by atoms with van der Waals surface area (Å²) in [6.45, 7) is 5.98. The van der Waals surface area contributed by atoms with E-state index in [1.165, 1.54) is 30.4 Å². The first kappa shape index (κ1) is 12.6. The van der Waals surface area contributed by atoms with Crippen molar-refractivity contribution in [2.24, 2.45) is 0 Å². The minimum Gasteiger partial charge on any atom is -0.397 e. The van der Waals surface area contributed by atoms with Crippen LogP contribution in [0.3, 0.4) is 0 Å². The molecule has 0 aliphatic rings. The maximum atomic E-state index is 6.04. The van der Waals surface area contributed by atoms with Gasteiger partial charge in [-0.15, -0.1) is 6.58 Å². The zero-order valence-corrected chi connectivity index (χ0v) is 10.1. The van der Waals surface area contributed by atoms with Gasteiger partial charge < -0.3 is 11.5 Å². The van der Waals surface area contributed by atoms with Crippen LogP contribution >= 0.6 is 0 Å². The number of unbranched alkanes of at least 4 members (excludes halogenated alkanes) is 2. The van der Waals surface area contributed by atoms with Crippen molar-refractivity contribution in [1.82, 2.24) is 0 Å². The minimum absolute atomic E-state index is 0.694. The summed E-state index contributed by atoms with van der Waals surface area (Å²) < 4.78 is 0. The molecule has 0 fully saturated rings. The molecule has 0 aliphatic carbocycles. The first-order chi connectivity index (χ1) is 7.70. The molecule has 0 aliphatic heterocycles. The molecular formula is C14H22N2. The van der Waals surface area contributed by atoms with Crippen LogP contribution in [-0.2, 0) is 12.8 Å². The molecule has 0 aromatic heterocycles. The average molecular weight is 218 g/mol. The maximum absolute atomic E-state index is 6.04. The molecule has 0 saturated heterocycles. The summed E-state index contributed by atoms with van der Waals surface area (Å²) in [6, 6.07) is 3.95. The number of nitrogens with two attached hydrogens (primary N) is 2. The molecule has 2 nitrogen and oxygen atoms in total. The van der Waals surface area contributed by atoms with E-state index in [2.05, 4.69) is 19.6 Å². The molecular weight excluding hydrogens is 196 g/mol. The first-order valence-corrected chi connectivity index (χ1v) is 5.97. The van der Waals surface area contributed by atoms with Crippen molar-refractivity contribution in [3.05, 3.63) is 35.9 Å². The third kappa shape index (κ3) is 3.02. The van der Waals surface area contributed by atoms with E-state index < -0.39 is 0 Å². The lowest BCUT2D eigenvalue weighted by Gasteiger charge is -2.13. The van der Waals surface area contributed by atoms with E-state index in [-0.39, 0.29) is 0 Å². The molecule has 0 amide bonds. The number of rotatable bonds is 6. The average Bonchev–Trinajstić information content (AvgIpc) is 2.28. The van der Waals surface area contributed by atoms with Crippen LogP contribution in [0.25, 0.3) is 0 Å². The van der Waals surface area contributed by atoms with Crippen molar-refractivity contribution < 1.29 is 0 Å². The lowest BCUT2D eigenvalue weighted by atomic mass is 9.96. The van der Waals surface area contributed by atoms with E-state index in [4.69, 9.17) is 11.5 Å². The van der Waals surface area contributed by atoms with Gasteiger partial charge in [-0.25, -0.2) is 0 Å². The van der Waals surface area contributed by atoms with Gasteiger partial charge in [0.15, 0.2) is 0 Å². The van der Waals surface area contributed by atoms with E-state index in [9.17, 15) is 0 Å². The van der Waals surface area contributed by atoms with Crippen molar-refractivity contribution in [2.45, 2.75) is 39.0 Å². The number of anilines is 2. The Balaban J connectivity index is 2.91. The van der Waals surface area contributed by atoms with Gasteiger partial charge in [0.05, 0.1) is 11.4 Å². The lowest BCUT2D eigenvalue weighted by Crippen LogP contribution is -2.04. The molecule has 0 bridgehead atoms. The predicted molar refractivity (Wildman–Crippen MR) is 72.4 cm³/mol. The van der Waals surface area contributed by atoms with Crippen LogP contribution in [-0.4, -0.2) is 0 Å². The normalized spacial score (nSPS) is 10.3. The van der Waals surface area contributed by atoms with E-state index in [1.807, 2.05) is 12.1 Å². The van der Waals surface area contributed by atoms with Crippen molar-refractivity contribution in [3.8, 4) is 0 Å². The molecule has 4 N–H and O–H groups in total. The van der Waals surface area contributed by atoms with Crippen LogP contribution in [0.5, 0.6) is 0 Å². The summed E-state index contributed by atoms with van der Waals surface area (Å²) in [6.07, 6.45) is 7.43. The second-order valence-corrected chi connectivity index (χ2v) is 4.16. The fourth-order valence-electron chi connectivity index (χ4n) is 1.92. The highest BCUT2D eigenvalue weighted by molar-refractivity contribution is 5.69. The maximum Gasteiger partial charge on any atom is 0.0583 e. The summed E-state index contributed by atoms with van der Waals surface area (Å²) >= 11 is 0. The summed E-state index contributed by atoms with van der Waals surface area (Å²) in [5.74, 6) is 0. The Labute approximate surface area is 98.3 Å². The molecule has 0 heterocycles. The Bertz CT molecular complexity index is 356. The SMILES string of the molecule is C=CCc1ccc(N)c(N)c1CCCCC. The summed E-state index contributed by atoms with van der Waals surface area (Å²) in [7, 11) is 0. The van der Waals surface area contributed by atoms with Crippen molar-refractivity contribution >= 4 is 11.4 Å². The van der Waals surface area contributed by atoms with Gasteiger partial charge in [-0.2, -0.15) is 0 Å². The fourth-order valence-corrected chi connectivity index (χ4v) is 1.92. The van der Waals surface area contributed by atoms with Crippen LogP contribution in [0.1, 0.15) is 37.3 Å². The van der Waals surface area contributed by atoms with Gasteiger partial charge >= 0.3 is 0 Å². The zero-order chi connectivity index (χ0) is 12.0. The predicted octanol–water partition coefficient (Wildman–Crippen LogP) is 3.31. The van der Waals surface area contributed by atoms with E-state index in [1.54, 1.807) is 0 Å². The van der Waals surface area contributed by atoms with Gasteiger partial charge in [-0.3, -0.25) is 0 Å². The largest absolute Gasteiger partial charge is 0.397 e. The second kappa shape index (κ2) is 6.21. The van der Waals surface area contributed by atoms with Crippen LogP contribution in [0.15, 0.2) is 24.8 Å². The molecule has 0 radical (unpaired) electrons. The van der Waals surface area contributed by atoms with Crippen LogP contribution in [0, 0.1) is 0 Å². The minimum atomic E-state index is 0.694. The quantitative estimate of drug-likeness (QED) is 0.437. The van der Waals surface area contributed by atoms with Gasteiger partial charge in [0.2, 0.25) is 0 Å². The van der Waals surface area contributed by atoms with E-state index in [0.717, 1.165) is 18.5 Å². The Hall–Kier alpha value is -1.44. The molecule has 0 spiro atoms. The van der Waals surface area contributed by atoms with Gasteiger partial charge in [-0.1, -0.05) is 31.9 Å². The van der Waals surface area contributed by atoms with E-state index >= 15 is 0 Å². The topological polar surface area (TPSA) is 52.0 Å². The highest BCUT2D eigenvalue weighted by Crippen LogP contribution is 2.26. The molecule has 1 aromatic rings. The molecule has 88 valence electrons. The smallest absolute Gasteiger partial charge is 0.0583 e. The van der Waals surface area contributed by atoms with Gasteiger partial charge in [0.25, 0.3) is 0 Å². The standard InChI is InChI=1S/C14H22N2/c1-3-5-6-8-12-11(7-4-2)9-10-13(15)14(12)16/h4,9-10H,2-3,5-8,15-16H2,1H3. The lowest BCUT2D eigenvalue weighted by molar-refractivity contribution is 0.715. The summed E-state index contributed by atoms with van der Waals surface area (Å²) in [5, 5.41) is 0. The summed E-state index contributed by atoms with van der Waals surface area (Å²) in [5.41, 5.74) is 15.8. The number of benzene rings is 1. The van der Waals surface area contributed by atoms with Crippen LogP contribution < -0.4 is 11.5 Å². The Morgan fingerprint density at radius 3 is 2.62 bits per heavy atom. The number of allylic oxidation sites excluding steroid dienone is 1. The van der Waals surface area contributed by atoms with Crippen molar-refractivity contribution in [2.75, 3.05) is 11.5 Å². The van der Waals surface area contributed by atoms with Gasteiger partial charge in [0.1, 0.15) is 0 Å². The second-order valence-electron chi connectivity index (χ2n) is 4.16. The third-order valence-corrected chi connectivity index (χ3v) is 2.88. The fraction of sp³-hybridized carbons (Fsp3) is 0.429. The Morgan fingerprint density at radius 1 is 1.25 bits per heavy atom. The molecule has 16 heavy (non-hydrogen) atoms. The molecule has 1 rings (SSSR count). The third-order valence-electron chi connectivity index (χ3n) is 2.88. The molecule has 0 atom stereocenters. The highest BCUT2D eigenvalue weighted by atomic mass is 14.7. The highest BCUT2D eigenvalue weighted by Gasteiger charge is 2.07. The molecule has 1 aromatic carbocycles.